The Bertz CT molecular complexity index is 372. The number of rotatable bonds is 8. The first-order valence-electron chi connectivity index (χ1n) is 7.20. The molecule has 0 aromatic carbocycles. The molecule has 0 bridgehead atoms. The number of aliphatic hydroxyl groups excluding tert-OH is 1. The average molecular weight is 348 g/mol. The number of nitrogens with zero attached hydrogens (tertiary/aromatic N) is 1. The van der Waals surface area contributed by atoms with Crippen LogP contribution >= 0.6 is 27.3 Å². The van der Waals surface area contributed by atoms with Crippen LogP contribution in [-0.4, -0.2) is 34.7 Å². The molecule has 1 N–H and O–H groups in total. The Morgan fingerprint density at radius 1 is 1.26 bits per heavy atom. The summed E-state index contributed by atoms with van der Waals surface area (Å²) in [6, 6.07) is 2.12. The minimum atomic E-state index is -0.312. The molecular formula is C15H26BrNOS. The summed E-state index contributed by atoms with van der Waals surface area (Å²) in [5.41, 5.74) is -0.0973. The zero-order chi connectivity index (χ0) is 14.5. The van der Waals surface area contributed by atoms with Gasteiger partial charge in [0, 0.05) is 26.7 Å². The Kier molecular flexibility index (Phi) is 7.01. The zero-order valence-corrected chi connectivity index (χ0v) is 14.9. The van der Waals surface area contributed by atoms with Crippen LogP contribution in [0.5, 0.6) is 0 Å². The van der Waals surface area contributed by atoms with Gasteiger partial charge in [-0.15, -0.1) is 11.3 Å². The lowest BCUT2D eigenvalue weighted by Crippen LogP contribution is -2.56. The van der Waals surface area contributed by atoms with Crippen LogP contribution in [0.1, 0.15) is 45.4 Å². The molecule has 2 nitrogen and oxygen atoms in total. The first kappa shape index (κ1) is 17.2. The van der Waals surface area contributed by atoms with Crippen molar-refractivity contribution >= 4 is 27.3 Å². The molecule has 0 saturated heterocycles. The topological polar surface area (TPSA) is 23.5 Å². The van der Waals surface area contributed by atoms with Gasteiger partial charge in [0.15, 0.2) is 0 Å². The van der Waals surface area contributed by atoms with Gasteiger partial charge in [-0.2, -0.15) is 0 Å². The average Bonchev–Trinajstić information content (AvgIpc) is 2.81. The molecule has 1 unspecified atom stereocenters. The number of likely N-dealkylation sites (N-methyl/N-ethyl adjacent to an activating group) is 1. The maximum atomic E-state index is 10.8. The van der Waals surface area contributed by atoms with Gasteiger partial charge in [0.1, 0.15) is 0 Å². The van der Waals surface area contributed by atoms with E-state index in [4.69, 9.17) is 0 Å². The fourth-order valence-electron chi connectivity index (χ4n) is 3.07. The second-order valence-electron chi connectivity index (χ2n) is 4.93. The van der Waals surface area contributed by atoms with Crippen LogP contribution in [0.25, 0.3) is 0 Å². The molecule has 1 heterocycles. The van der Waals surface area contributed by atoms with E-state index in [0.29, 0.717) is 0 Å². The number of hydrogen-bond acceptors (Lipinski definition) is 3. The Hall–Kier alpha value is 0.1000. The Labute approximate surface area is 130 Å². The summed E-state index contributed by atoms with van der Waals surface area (Å²) >= 11 is 5.20. The predicted octanol–water partition coefficient (Wildman–Crippen LogP) is 4.31. The van der Waals surface area contributed by atoms with E-state index in [1.807, 2.05) is 0 Å². The number of hydrogen-bond donors (Lipinski definition) is 1. The summed E-state index contributed by atoms with van der Waals surface area (Å²) in [6.07, 6.45) is 2.40. The second kappa shape index (κ2) is 7.77. The van der Waals surface area contributed by atoms with E-state index < -0.39 is 0 Å². The highest BCUT2D eigenvalue weighted by atomic mass is 79.9. The monoisotopic (exact) mass is 347 g/mol. The first-order chi connectivity index (χ1) is 9.03. The van der Waals surface area contributed by atoms with Gasteiger partial charge < -0.3 is 5.11 Å². The van der Waals surface area contributed by atoms with Crippen molar-refractivity contribution in [1.82, 2.24) is 4.90 Å². The van der Waals surface area contributed by atoms with Crippen molar-refractivity contribution in [2.45, 2.75) is 58.6 Å². The van der Waals surface area contributed by atoms with Gasteiger partial charge >= 0.3 is 0 Å². The fraction of sp³-hybridized carbons (Fsp3) is 0.733. The molecule has 0 aliphatic heterocycles. The minimum Gasteiger partial charge on any atom is -0.391 e. The van der Waals surface area contributed by atoms with E-state index in [9.17, 15) is 5.11 Å². The van der Waals surface area contributed by atoms with E-state index in [1.165, 1.54) is 4.88 Å². The summed E-state index contributed by atoms with van der Waals surface area (Å²) in [6.45, 7) is 10.7. The van der Waals surface area contributed by atoms with Crippen LogP contribution in [-0.2, 0) is 6.42 Å². The summed E-state index contributed by atoms with van der Waals surface area (Å²) in [5, 5.41) is 12.9. The normalized spacial score (nSPS) is 14.1. The van der Waals surface area contributed by atoms with Crippen LogP contribution in [0.3, 0.4) is 0 Å². The molecule has 0 aliphatic carbocycles. The summed E-state index contributed by atoms with van der Waals surface area (Å²) in [7, 11) is 0. The van der Waals surface area contributed by atoms with E-state index in [-0.39, 0.29) is 11.6 Å². The highest BCUT2D eigenvalue weighted by Gasteiger charge is 2.38. The van der Waals surface area contributed by atoms with Crippen LogP contribution < -0.4 is 0 Å². The van der Waals surface area contributed by atoms with Crippen molar-refractivity contribution in [2.24, 2.45) is 0 Å². The number of thiophene rings is 1. The Balaban J connectivity index is 2.91. The first-order valence-corrected chi connectivity index (χ1v) is 8.87. The Morgan fingerprint density at radius 3 is 2.21 bits per heavy atom. The maximum Gasteiger partial charge on any atom is 0.0771 e. The molecule has 1 atom stereocenters. The van der Waals surface area contributed by atoms with E-state index in [2.05, 4.69) is 60.0 Å². The Morgan fingerprint density at radius 2 is 1.84 bits per heavy atom. The van der Waals surface area contributed by atoms with E-state index >= 15 is 0 Å². The number of halogens is 1. The van der Waals surface area contributed by atoms with Gasteiger partial charge in [-0.05, 0) is 47.9 Å². The van der Waals surface area contributed by atoms with Gasteiger partial charge in [0.05, 0.1) is 6.10 Å². The molecule has 0 spiro atoms. The fourth-order valence-corrected chi connectivity index (χ4v) is 4.56. The quantitative estimate of drug-likeness (QED) is 0.757. The molecule has 19 heavy (non-hydrogen) atoms. The summed E-state index contributed by atoms with van der Waals surface area (Å²) in [5.74, 6) is 0. The van der Waals surface area contributed by atoms with Gasteiger partial charge in [0.25, 0.3) is 0 Å². The van der Waals surface area contributed by atoms with Gasteiger partial charge in [-0.25, -0.2) is 0 Å². The third kappa shape index (κ3) is 3.81. The van der Waals surface area contributed by atoms with E-state index in [1.54, 1.807) is 11.3 Å². The van der Waals surface area contributed by atoms with Crippen LogP contribution in [0.15, 0.2) is 15.9 Å². The van der Waals surface area contributed by atoms with Crippen molar-refractivity contribution in [2.75, 3.05) is 13.1 Å². The van der Waals surface area contributed by atoms with Crippen molar-refractivity contribution in [1.29, 1.82) is 0 Å². The third-order valence-corrected chi connectivity index (χ3v) is 5.97. The summed E-state index contributed by atoms with van der Waals surface area (Å²) < 4.78 is 1.11. The van der Waals surface area contributed by atoms with E-state index in [0.717, 1.165) is 36.8 Å². The molecule has 0 saturated carbocycles. The molecule has 0 fully saturated rings. The molecule has 0 amide bonds. The van der Waals surface area contributed by atoms with Crippen molar-refractivity contribution < 1.29 is 5.11 Å². The lowest BCUT2D eigenvalue weighted by Gasteiger charge is -2.45. The highest BCUT2D eigenvalue weighted by Crippen LogP contribution is 2.31. The second-order valence-corrected chi connectivity index (χ2v) is 6.85. The highest BCUT2D eigenvalue weighted by molar-refractivity contribution is 9.10. The molecule has 0 radical (unpaired) electrons. The SMILES string of the molecule is CCN(CC)C(CC)(CC)C(O)Cc1cc(Br)cs1. The molecule has 1 aromatic rings. The molecular weight excluding hydrogens is 322 g/mol. The minimum absolute atomic E-state index is 0.0973. The van der Waals surface area contributed by atoms with Crippen molar-refractivity contribution in [3.63, 3.8) is 0 Å². The molecule has 0 aliphatic rings. The molecule has 1 rings (SSSR count). The zero-order valence-electron chi connectivity index (χ0n) is 12.4. The largest absolute Gasteiger partial charge is 0.391 e. The third-order valence-electron chi connectivity index (χ3n) is 4.25. The number of aliphatic hydroxyl groups is 1. The predicted molar refractivity (Wildman–Crippen MR) is 88.0 cm³/mol. The smallest absolute Gasteiger partial charge is 0.0771 e. The lowest BCUT2D eigenvalue weighted by molar-refractivity contribution is -0.0337. The molecule has 110 valence electrons. The van der Waals surface area contributed by atoms with Gasteiger partial charge in [-0.1, -0.05) is 27.7 Å². The summed E-state index contributed by atoms with van der Waals surface area (Å²) in [4.78, 5) is 3.66. The van der Waals surface area contributed by atoms with Gasteiger partial charge in [-0.3, -0.25) is 4.90 Å². The van der Waals surface area contributed by atoms with Crippen LogP contribution in [0, 0.1) is 0 Å². The van der Waals surface area contributed by atoms with Crippen LogP contribution in [0.2, 0.25) is 0 Å². The molecule has 1 aromatic heterocycles. The molecule has 4 heteroatoms. The van der Waals surface area contributed by atoms with Crippen LogP contribution in [0.4, 0.5) is 0 Å². The van der Waals surface area contributed by atoms with Crippen molar-refractivity contribution in [3.05, 3.63) is 20.8 Å². The lowest BCUT2D eigenvalue weighted by atomic mass is 9.82. The standard InChI is InChI=1S/C15H26BrNOS/c1-5-15(6-2,17(7-3)8-4)14(18)10-13-9-12(16)11-19-13/h9,11,14,18H,5-8,10H2,1-4H3. The van der Waals surface area contributed by atoms with Gasteiger partial charge in [0.2, 0.25) is 0 Å². The maximum absolute atomic E-state index is 10.8. The van der Waals surface area contributed by atoms with Crippen molar-refractivity contribution in [3.8, 4) is 0 Å².